The third-order valence-corrected chi connectivity index (χ3v) is 6.72. The molecule has 2 aliphatic heterocycles. The fraction of sp³-hybridized carbons (Fsp3) is 0.480. The van der Waals surface area contributed by atoms with E-state index in [1.807, 2.05) is 23.1 Å². The van der Waals surface area contributed by atoms with E-state index in [0.717, 1.165) is 44.1 Å². The number of fused-ring (bicyclic) bond motifs is 1. The van der Waals surface area contributed by atoms with Crippen molar-refractivity contribution in [3.8, 4) is 11.5 Å². The third-order valence-electron chi connectivity index (χ3n) is 6.72. The highest BCUT2D eigenvalue weighted by atomic mass is 16.5. The van der Waals surface area contributed by atoms with Gasteiger partial charge in [-0.25, -0.2) is 0 Å². The molecule has 2 heterocycles. The number of ether oxygens (including phenoxy) is 3. The molecule has 1 amide bonds. The van der Waals surface area contributed by atoms with Crippen LogP contribution in [0.15, 0.2) is 48.5 Å². The number of methoxy groups -OCH3 is 3. The summed E-state index contributed by atoms with van der Waals surface area (Å²) < 4.78 is 15.9. The largest absolute Gasteiger partial charge is 0.497 e. The smallest absolute Gasteiger partial charge is 0.248 e. The minimum atomic E-state index is 0.0840. The Morgan fingerprint density at radius 1 is 1.00 bits per heavy atom. The summed E-state index contributed by atoms with van der Waals surface area (Å²) in [4.78, 5) is 17.1. The highest BCUT2D eigenvalue weighted by Gasteiger charge is 2.45. The van der Waals surface area contributed by atoms with Gasteiger partial charge < -0.3 is 19.1 Å². The maximum Gasteiger partial charge on any atom is 0.248 e. The van der Waals surface area contributed by atoms with Gasteiger partial charge in [0.1, 0.15) is 18.1 Å². The predicted octanol–water partition coefficient (Wildman–Crippen LogP) is 3.17. The van der Waals surface area contributed by atoms with Crippen LogP contribution in [0.25, 0.3) is 0 Å². The van der Waals surface area contributed by atoms with Gasteiger partial charge in [0.15, 0.2) is 0 Å². The maximum absolute atomic E-state index is 12.5. The lowest BCUT2D eigenvalue weighted by Gasteiger charge is -2.39. The van der Waals surface area contributed by atoms with E-state index in [9.17, 15) is 4.79 Å². The van der Waals surface area contributed by atoms with Crippen LogP contribution in [0.4, 0.5) is 0 Å². The van der Waals surface area contributed by atoms with Crippen molar-refractivity contribution < 1.29 is 19.0 Å². The second kappa shape index (κ2) is 9.71. The van der Waals surface area contributed by atoms with E-state index in [1.54, 1.807) is 21.3 Å². The molecule has 2 fully saturated rings. The summed E-state index contributed by atoms with van der Waals surface area (Å²) in [5, 5.41) is 0. The van der Waals surface area contributed by atoms with Crippen LogP contribution in [0.1, 0.15) is 23.5 Å². The SMILES string of the molecule is COCC(=O)N1CC[C@@H]2[C@H](C1)[C@@H](c1ccc(OC)cc1)CN2Cc1cccc(OC)c1. The first-order valence-corrected chi connectivity index (χ1v) is 10.9. The van der Waals surface area contributed by atoms with Gasteiger partial charge in [-0.2, -0.15) is 0 Å². The average Bonchev–Trinajstić information content (AvgIpc) is 3.17. The van der Waals surface area contributed by atoms with Crippen molar-refractivity contribution in [2.75, 3.05) is 47.6 Å². The van der Waals surface area contributed by atoms with Crippen LogP contribution in [0.2, 0.25) is 0 Å². The summed E-state index contributed by atoms with van der Waals surface area (Å²) in [6.07, 6.45) is 0.983. The van der Waals surface area contributed by atoms with Crippen LogP contribution >= 0.6 is 0 Å². The number of nitrogens with zero attached hydrogens (tertiary/aromatic N) is 2. The minimum Gasteiger partial charge on any atom is -0.497 e. The van der Waals surface area contributed by atoms with Gasteiger partial charge in [-0.1, -0.05) is 24.3 Å². The minimum absolute atomic E-state index is 0.0840. The van der Waals surface area contributed by atoms with Crippen molar-refractivity contribution in [3.05, 3.63) is 59.7 Å². The number of benzene rings is 2. The van der Waals surface area contributed by atoms with E-state index in [4.69, 9.17) is 14.2 Å². The number of rotatable bonds is 7. The molecule has 2 saturated heterocycles. The number of hydrogen-bond acceptors (Lipinski definition) is 5. The normalized spacial score (nSPS) is 23.5. The first kappa shape index (κ1) is 21.7. The number of hydrogen-bond donors (Lipinski definition) is 0. The molecule has 0 aliphatic carbocycles. The van der Waals surface area contributed by atoms with Gasteiger partial charge in [0, 0.05) is 51.2 Å². The van der Waals surface area contributed by atoms with Crippen molar-refractivity contribution in [1.82, 2.24) is 9.80 Å². The molecular formula is C25H32N2O4. The van der Waals surface area contributed by atoms with Gasteiger partial charge in [-0.15, -0.1) is 0 Å². The Labute approximate surface area is 184 Å². The summed E-state index contributed by atoms with van der Waals surface area (Å²) in [6, 6.07) is 17.2. The molecule has 0 N–H and O–H groups in total. The number of piperidine rings is 1. The second-order valence-corrected chi connectivity index (χ2v) is 8.45. The summed E-state index contributed by atoms with van der Waals surface area (Å²) in [6.45, 7) is 3.58. The third kappa shape index (κ3) is 4.70. The molecule has 2 aromatic carbocycles. The fourth-order valence-corrected chi connectivity index (χ4v) is 5.17. The number of likely N-dealkylation sites (tertiary alicyclic amines) is 2. The first-order valence-electron chi connectivity index (χ1n) is 10.9. The molecule has 0 saturated carbocycles. The molecule has 0 spiro atoms. The highest BCUT2D eigenvalue weighted by Crippen LogP contribution is 2.42. The van der Waals surface area contributed by atoms with Gasteiger partial charge in [0.2, 0.25) is 5.91 Å². The van der Waals surface area contributed by atoms with Gasteiger partial charge in [-0.3, -0.25) is 9.69 Å². The summed E-state index contributed by atoms with van der Waals surface area (Å²) in [5.41, 5.74) is 2.57. The molecular weight excluding hydrogens is 392 g/mol. The second-order valence-electron chi connectivity index (χ2n) is 8.45. The van der Waals surface area contributed by atoms with Crippen LogP contribution < -0.4 is 9.47 Å². The quantitative estimate of drug-likeness (QED) is 0.683. The molecule has 6 nitrogen and oxygen atoms in total. The van der Waals surface area contributed by atoms with E-state index >= 15 is 0 Å². The van der Waals surface area contributed by atoms with E-state index in [-0.39, 0.29) is 12.5 Å². The Hall–Kier alpha value is -2.57. The maximum atomic E-state index is 12.5. The number of carbonyl (C=O) groups excluding carboxylic acids is 1. The predicted molar refractivity (Wildman–Crippen MR) is 119 cm³/mol. The topological polar surface area (TPSA) is 51.2 Å². The summed E-state index contributed by atoms with van der Waals surface area (Å²) >= 11 is 0. The Kier molecular flexibility index (Phi) is 6.78. The van der Waals surface area contributed by atoms with Crippen molar-refractivity contribution in [1.29, 1.82) is 0 Å². The van der Waals surface area contributed by atoms with Crippen LogP contribution in [-0.2, 0) is 16.1 Å². The number of carbonyl (C=O) groups is 1. The monoisotopic (exact) mass is 424 g/mol. The van der Waals surface area contributed by atoms with Gasteiger partial charge in [0.25, 0.3) is 0 Å². The molecule has 0 unspecified atom stereocenters. The van der Waals surface area contributed by atoms with Gasteiger partial charge >= 0.3 is 0 Å². The molecule has 2 aliphatic rings. The summed E-state index contributed by atoms with van der Waals surface area (Å²) in [5.74, 6) is 2.61. The summed E-state index contributed by atoms with van der Waals surface area (Å²) in [7, 11) is 4.98. The van der Waals surface area contributed by atoms with Crippen LogP contribution in [-0.4, -0.2) is 69.3 Å². The van der Waals surface area contributed by atoms with Crippen molar-refractivity contribution in [2.24, 2.45) is 5.92 Å². The Balaban J connectivity index is 1.57. The first-order chi connectivity index (χ1) is 15.1. The molecule has 166 valence electrons. The molecule has 31 heavy (non-hydrogen) atoms. The molecule has 0 aromatic heterocycles. The number of amides is 1. The van der Waals surface area contributed by atoms with E-state index in [1.165, 1.54) is 11.1 Å². The molecule has 4 rings (SSSR count). The zero-order valence-corrected chi connectivity index (χ0v) is 18.6. The Bertz CT molecular complexity index is 885. The fourth-order valence-electron chi connectivity index (χ4n) is 5.17. The lowest BCUT2D eigenvalue weighted by atomic mass is 9.81. The zero-order chi connectivity index (χ0) is 21.8. The van der Waals surface area contributed by atoms with E-state index < -0.39 is 0 Å². The molecule has 0 radical (unpaired) electrons. The van der Waals surface area contributed by atoms with Gasteiger partial charge in [-0.05, 0) is 41.8 Å². The average molecular weight is 425 g/mol. The van der Waals surface area contributed by atoms with Crippen LogP contribution in [0.5, 0.6) is 11.5 Å². The molecule has 0 bridgehead atoms. The van der Waals surface area contributed by atoms with Crippen molar-refractivity contribution in [3.63, 3.8) is 0 Å². The molecule has 2 aromatic rings. The molecule has 3 atom stereocenters. The lowest BCUT2D eigenvalue weighted by Crippen LogP contribution is -2.49. The molecule has 6 heteroatoms. The van der Waals surface area contributed by atoms with E-state index in [0.29, 0.717) is 17.9 Å². The standard InChI is InChI=1S/C25H32N2O4/c1-29-17-25(28)26-12-11-24-23(16-26)22(19-7-9-20(30-2)10-8-19)15-27(24)14-18-5-4-6-21(13-18)31-3/h4-10,13,22-24H,11-12,14-17H2,1-3H3/t22-,23-,24-/m1/s1. The van der Waals surface area contributed by atoms with Crippen molar-refractivity contribution in [2.45, 2.75) is 24.9 Å². The van der Waals surface area contributed by atoms with Crippen molar-refractivity contribution >= 4 is 5.91 Å². The van der Waals surface area contributed by atoms with Crippen LogP contribution in [0, 0.1) is 5.92 Å². The highest BCUT2D eigenvalue weighted by molar-refractivity contribution is 5.77. The lowest BCUT2D eigenvalue weighted by molar-refractivity contribution is -0.137. The van der Waals surface area contributed by atoms with Crippen LogP contribution in [0.3, 0.4) is 0 Å². The van der Waals surface area contributed by atoms with E-state index in [2.05, 4.69) is 35.2 Å². The van der Waals surface area contributed by atoms with Gasteiger partial charge in [0.05, 0.1) is 14.2 Å². The Morgan fingerprint density at radius 2 is 1.77 bits per heavy atom. The zero-order valence-electron chi connectivity index (χ0n) is 18.6. The Morgan fingerprint density at radius 3 is 2.48 bits per heavy atom.